The van der Waals surface area contributed by atoms with E-state index >= 15 is 0 Å². The quantitative estimate of drug-likeness (QED) is 0.277. The van der Waals surface area contributed by atoms with Crippen molar-refractivity contribution in [2.45, 2.75) is 51.0 Å². The van der Waals surface area contributed by atoms with Crippen molar-refractivity contribution in [1.82, 2.24) is 20.5 Å². The third-order valence-corrected chi connectivity index (χ3v) is 4.95. The Bertz CT molecular complexity index is 666. The Hall–Kier alpha value is -2.49. The second kappa shape index (κ2) is 8.94. The number of nitrogens with one attached hydrogen (secondary N) is 3. The first-order valence-electron chi connectivity index (χ1n) is 9.31. The molecule has 2 aliphatic carbocycles. The number of carbonyl (C=O) groups excluding carboxylic acids is 2. The third kappa shape index (κ3) is 5.75. The largest absolute Gasteiger partial charge is 0.365 e. The lowest BCUT2D eigenvalue weighted by molar-refractivity contribution is -0.154. The summed E-state index contributed by atoms with van der Waals surface area (Å²) in [4.78, 5) is 31.1. The van der Waals surface area contributed by atoms with Crippen LogP contribution >= 0.6 is 0 Å². The van der Waals surface area contributed by atoms with Gasteiger partial charge < -0.3 is 5.32 Å². The van der Waals surface area contributed by atoms with Crippen molar-refractivity contribution in [3.8, 4) is 0 Å². The van der Waals surface area contributed by atoms with Gasteiger partial charge in [-0.15, -0.1) is 0 Å². The average Bonchev–Trinajstić information content (AvgIpc) is 3.33. The zero-order chi connectivity index (χ0) is 19.2. The number of hydrogen-bond acceptors (Lipinski definition) is 7. The van der Waals surface area contributed by atoms with Gasteiger partial charge in [-0.2, -0.15) is 4.98 Å². The van der Waals surface area contributed by atoms with E-state index in [1.165, 1.54) is 0 Å². The minimum Gasteiger partial charge on any atom is -0.365 e. The Labute approximate surface area is 156 Å². The highest BCUT2D eigenvalue weighted by Gasteiger charge is 2.27. The van der Waals surface area contributed by atoms with E-state index < -0.39 is 11.7 Å². The topological polar surface area (TPSA) is 119 Å². The summed E-state index contributed by atoms with van der Waals surface area (Å²) < 4.78 is 13.7. The fourth-order valence-corrected chi connectivity index (χ4v) is 3.35. The summed E-state index contributed by atoms with van der Waals surface area (Å²) in [6, 6.07) is 0.228. The highest BCUT2D eigenvalue weighted by molar-refractivity contribution is 5.80. The molecule has 10 heteroatoms. The van der Waals surface area contributed by atoms with Crippen LogP contribution in [0.2, 0.25) is 0 Å². The molecule has 0 bridgehead atoms. The molecule has 0 radical (unpaired) electrons. The van der Waals surface area contributed by atoms with Crippen molar-refractivity contribution in [1.29, 1.82) is 0 Å². The van der Waals surface area contributed by atoms with Crippen molar-refractivity contribution < 1.29 is 19.2 Å². The van der Waals surface area contributed by atoms with E-state index in [-0.39, 0.29) is 36.7 Å². The van der Waals surface area contributed by atoms with Crippen LogP contribution < -0.4 is 16.2 Å². The molecule has 0 saturated heterocycles. The first-order chi connectivity index (χ1) is 13.0. The summed E-state index contributed by atoms with van der Waals surface area (Å²) in [5, 5.41) is 12.9. The molecule has 2 saturated carbocycles. The van der Waals surface area contributed by atoms with E-state index in [0.29, 0.717) is 17.4 Å². The van der Waals surface area contributed by atoms with Crippen LogP contribution in [-0.2, 0) is 9.59 Å². The van der Waals surface area contributed by atoms with Gasteiger partial charge in [0.25, 0.3) is 0 Å². The molecule has 148 valence electrons. The van der Waals surface area contributed by atoms with Crippen LogP contribution in [0.15, 0.2) is 6.20 Å². The van der Waals surface area contributed by atoms with E-state index in [4.69, 9.17) is 0 Å². The maximum atomic E-state index is 13.7. The van der Waals surface area contributed by atoms with Crippen LogP contribution in [0.3, 0.4) is 0 Å². The Morgan fingerprint density at radius 3 is 2.78 bits per heavy atom. The Morgan fingerprint density at radius 2 is 2.11 bits per heavy atom. The molecule has 0 aromatic carbocycles. The van der Waals surface area contributed by atoms with Gasteiger partial charge in [0.05, 0.1) is 18.7 Å². The lowest BCUT2D eigenvalue weighted by atomic mass is 9.92. The smallest absolute Gasteiger partial charge is 0.243 e. The van der Waals surface area contributed by atoms with Gasteiger partial charge in [0.2, 0.25) is 18.3 Å². The van der Waals surface area contributed by atoms with Gasteiger partial charge >= 0.3 is 0 Å². The van der Waals surface area contributed by atoms with E-state index in [1.807, 2.05) is 0 Å². The molecule has 1 atom stereocenters. The van der Waals surface area contributed by atoms with Gasteiger partial charge in [-0.1, -0.05) is 25.7 Å². The molecule has 4 N–H and O–H groups in total. The van der Waals surface area contributed by atoms with Gasteiger partial charge in [0, 0.05) is 6.04 Å². The molecule has 0 aliphatic heterocycles. The average molecular weight is 380 g/mol. The molecule has 2 aliphatic rings. The van der Waals surface area contributed by atoms with Gasteiger partial charge in [0.15, 0.2) is 11.6 Å². The number of halogens is 1. The lowest BCUT2D eigenvalue weighted by Crippen LogP contribution is -2.41. The standard InChI is InChI=1S/C17H25FN6O3/c18-14-8-19-17(21-15(14)20-13-5-6-13)23-22-16(26)12(9-24(27)10-25)7-11-3-1-2-4-11/h8,10-13,27H,1-7,9H2,(H,22,26)(H2,19,20,21,23)/t12-/m0/s1. The van der Waals surface area contributed by atoms with Crippen LogP contribution in [-0.4, -0.2) is 45.1 Å². The number of anilines is 2. The van der Waals surface area contributed by atoms with Crippen LogP contribution in [0, 0.1) is 17.7 Å². The fraction of sp³-hybridized carbons (Fsp3) is 0.647. The van der Waals surface area contributed by atoms with E-state index in [2.05, 4.69) is 26.1 Å². The summed E-state index contributed by atoms with van der Waals surface area (Å²) >= 11 is 0. The Kier molecular flexibility index (Phi) is 6.38. The van der Waals surface area contributed by atoms with Crippen molar-refractivity contribution >= 4 is 24.1 Å². The number of amides is 2. The summed E-state index contributed by atoms with van der Waals surface area (Å²) in [5.41, 5.74) is 5.09. The molecule has 1 heterocycles. The highest BCUT2D eigenvalue weighted by Crippen LogP contribution is 2.30. The molecule has 0 spiro atoms. The summed E-state index contributed by atoms with van der Waals surface area (Å²) in [6.07, 6.45) is 8.19. The molecular weight excluding hydrogens is 355 g/mol. The molecule has 27 heavy (non-hydrogen) atoms. The first kappa shape index (κ1) is 19.3. The van der Waals surface area contributed by atoms with Crippen molar-refractivity contribution in [2.75, 3.05) is 17.3 Å². The lowest BCUT2D eigenvalue weighted by Gasteiger charge is -2.22. The van der Waals surface area contributed by atoms with Crippen LogP contribution in [0.1, 0.15) is 44.9 Å². The number of nitrogens with zero attached hydrogens (tertiary/aromatic N) is 3. The fourth-order valence-electron chi connectivity index (χ4n) is 3.35. The minimum atomic E-state index is -0.569. The molecule has 1 aromatic heterocycles. The first-order valence-corrected chi connectivity index (χ1v) is 9.31. The molecular formula is C17H25FN6O3. The Morgan fingerprint density at radius 1 is 1.37 bits per heavy atom. The van der Waals surface area contributed by atoms with Crippen LogP contribution in [0.4, 0.5) is 16.2 Å². The van der Waals surface area contributed by atoms with E-state index in [1.54, 1.807) is 0 Å². The molecule has 0 unspecified atom stereocenters. The van der Waals surface area contributed by atoms with Gasteiger partial charge in [-0.25, -0.2) is 14.4 Å². The molecule has 3 rings (SSSR count). The van der Waals surface area contributed by atoms with Gasteiger partial charge in [-0.05, 0) is 25.2 Å². The number of carbonyl (C=O) groups is 2. The zero-order valence-corrected chi connectivity index (χ0v) is 15.0. The van der Waals surface area contributed by atoms with Crippen LogP contribution in [0.25, 0.3) is 0 Å². The number of aromatic nitrogens is 2. The molecule has 1 aromatic rings. The van der Waals surface area contributed by atoms with Crippen LogP contribution in [0.5, 0.6) is 0 Å². The molecule has 2 amide bonds. The van der Waals surface area contributed by atoms with Crippen molar-refractivity contribution in [3.05, 3.63) is 12.0 Å². The second-order valence-electron chi connectivity index (χ2n) is 7.23. The Balaban J connectivity index is 1.57. The normalized spacial score (nSPS) is 18.0. The van der Waals surface area contributed by atoms with Crippen molar-refractivity contribution in [3.63, 3.8) is 0 Å². The number of hydroxylamine groups is 2. The second-order valence-corrected chi connectivity index (χ2v) is 7.23. The van der Waals surface area contributed by atoms with Gasteiger partial charge in [-0.3, -0.25) is 25.6 Å². The van der Waals surface area contributed by atoms with E-state index in [0.717, 1.165) is 44.7 Å². The highest BCUT2D eigenvalue weighted by atomic mass is 19.1. The van der Waals surface area contributed by atoms with Crippen molar-refractivity contribution in [2.24, 2.45) is 11.8 Å². The number of hydrazine groups is 1. The zero-order valence-electron chi connectivity index (χ0n) is 15.0. The summed E-state index contributed by atoms with van der Waals surface area (Å²) in [6.45, 7) is -0.0910. The minimum absolute atomic E-state index is 0.0590. The predicted molar refractivity (Wildman–Crippen MR) is 95.0 cm³/mol. The number of rotatable bonds is 10. The maximum Gasteiger partial charge on any atom is 0.243 e. The molecule has 2 fully saturated rings. The summed E-state index contributed by atoms with van der Waals surface area (Å²) in [5.74, 6) is -0.956. The van der Waals surface area contributed by atoms with Gasteiger partial charge in [0.1, 0.15) is 0 Å². The third-order valence-electron chi connectivity index (χ3n) is 4.95. The molecule has 9 nitrogen and oxygen atoms in total. The SMILES string of the molecule is O=CN(O)C[C@H](CC1CCCC1)C(=O)NNc1ncc(F)c(NC2CC2)n1. The number of hydrogen-bond donors (Lipinski definition) is 4. The predicted octanol–water partition coefficient (Wildman–Crippen LogP) is 1.68. The van der Waals surface area contributed by atoms with E-state index in [9.17, 15) is 19.2 Å². The monoisotopic (exact) mass is 380 g/mol. The maximum absolute atomic E-state index is 13.7. The summed E-state index contributed by atoms with van der Waals surface area (Å²) in [7, 11) is 0.